The molecule has 17 heavy (non-hydrogen) atoms. The van der Waals surface area contributed by atoms with Crippen LogP contribution in [0.2, 0.25) is 0 Å². The molecular formula is C15H14O2. The summed E-state index contributed by atoms with van der Waals surface area (Å²) in [5.41, 5.74) is 0.707. The highest BCUT2D eigenvalue weighted by Crippen LogP contribution is 2.19. The van der Waals surface area contributed by atoms with E-state index in [2.05, 4.69) is 0 Å². The minimum absolute atomic E-state index is 0.0322. The van der Waals surface area contributed by atoms with Crippen LogP contribution in [-0.2, 0) is 4.74 Å². The molecule has 0 N–H and O–H groups in total. The van der Waals surface area contributed by atoms with E-state index in [1.165, 1.54) is 12.3 Å². The van der Waals surface area contributed by atoms with Gasteiger partial charge in [0.1, 0.15) is 0 Å². The van der Waals surface area contributed by atoms with E-state index in [-0.39, 0.29) is 5.78 Å². The first-order valence-electron chi connectivity index (χ1n) is 5.63. The maximum atomic E-state index is 12.0. The number of ketones is 1. The van der Waals surface area contributed by atoms with Crippen molar-refractivity contribution in [1.29, 1.82) is 0 Å². The van der Waals surface area contributed by atoms with E-state index >= 15 is 0 Å². The second-order valence-electron chi connectivity index (χ2n) is 3.65. The molecule has 86 valence electrons. The van der Waals surface area contributed by atoms with Crippen LogP contribution in [0.3, 0.4) is 0 Å². The molecule has 0 unspecified atom stereocenters. The molecule has 0 amide bonds. The van der Waals surface area contributed by atoms with E-state index in [1.54, 1.807) is 0 Å². The first kappa shape index (κ1) is 11.4. The van der Waals surface area contributed by atoms with Crippen LogP contribution in [0.4, 0.5) is 0 Å². The standard InChI is InChI=1S/C15H14O2/c1-2-17-11-10-15(16)14-9-5-7-12-6-3-4-8-13(12)14/h3-11H,2H2,1H3. The van der Waals surface area contributed by atoms with Gasteiger partial charge in [-0.05, 0) is 17.7 Å². The minimum atomic E-state index is -0.0322. The number of hydrogen-bond donors (Lipinski definition) is 0. The Labute approximate surface area is 101 Å². The Bertz CT molecular complexity index is 550. The third-order valence-corrected chi connectivity index (χ3v) is 2.54. The lowest BCUT2D eigenvalue weighted by molar-refractivity contribution is 0.104. The fraction of sp³-hybridized carbons (Fsp3) is 0.133. The van der Waals surface area contributed by atoms with Crippen molar-refractivity contribution in [2.24, 2.45) is 0 Å². The highest BCUT2D eigenvalue weighted by molar-refractivity contribution is 6.13. The molecule has 0 aliphatic carbocycles. The van der Waals surface area contributed by atoms with Gasteiger partial charge in [0.25, 0.3) is 0 Å². The van der Waals surface area contributed by atoms with Crippen molar-refractivity contribution in [2.45, 2.75) is 6.92 Å². The van der Waals surface area contributed by atoms with E-state index in [4.69, 9.17) is 4.74 Å². The van der Waals surface area contributed by atoms with Gasteiger partial charge < -0.3 is 4.74 Å². The Morgan fingerprint density at radius 1 is 1.18 bits per heavy atom. The van der Waals surface area contributed by atoms with E-state index in [1.807, 2.05) is 49.4 Å². The third kappa shape index (κ3) is 2.53. The minimum Gasteiger partial charge on any atom is -0.501 e. The summed E-state index contributed by atoms with van der Waals surface area (Å²) >= 11 is 0. The summed E-state index contributed by atoms with van der Waals surface area (Å²) in [5.74, 6) is -0.0322. The van der Waals surface area contributed by atoms with E-state index in [0.717, 1.165) is 10.8 Å². The molecule has 0 saturated carbocycles. The van der Waals surface area contributed by atoms with Crippen LogP contribution in [0, 0.1) is 0 Å². The topological polar surface area (TPSA) is 26.3 Å². The van der Waals surface area contributed by atoms with Crippen LogP contribution in [0.5, 0.6) is 0 Å². The Kier molecular flexibility index (Phi) is 3.55. The first-order valence-corrected chi connectivity index (χ1v) is 5.63. The van der Waals surface area contributed by atoms with E-state index in [9.17, 15) is 4.79 Å². The number of hydrogen-bond acceptors (Lipinski definition) is 2. The smallest absolute Gasteiger partial charge is 0.189 e. The van der Waals surface area contributed by atoms with Gasteiger partial charge in [0.05, 0.1) is 12.9 Å². The first-order chi connectivity index (χ1) is 8.33. The SMILES string of the molecule is CCOC=CC(=O)c1cccc2ccccc12. The highest BCUT2D eigenvalue weighted by atomic mass is 16.5. The summed E-state index contributed by atoms with van der Waals surface area (Å²) < 4.78 is 5.04. The number of carbonyl (C=O) groups is 1. The summed E-state index contributed by atoms with van der Waals surface area (Å²) in [6.07, 6.45) is 2.91. The molecule has 0 atom stereocenters. The normalized spacial score (nSPS) is 10.9. The zero-order chi connectivity index (χ0) is 12.1. The second-order valence-corrected chi connectivity index (χ2v) is 3.65. The molecule has 2 aromatic carbocycles. The van der Waals surface area contributed by atoms with Crippen molar-refractivity contribution < 1.29 is 9.53 Å². The van der Waals surface area contributed by atoms with Crippen molar-refractivity contribution in [1.82, 2.24) is 0 Å². The molecule has 0 aliphatic heterocycles. The average Bonchev–Trinajstić information content (AvgIpc) is 2.38. The Balaban J connectivity index is 2.38. The molecule has 2 rings (SSSR count). The number of fused-ring (bicyclic) bond motifs is 1. The maximum Gasteiger partial charge on any atom is 0.189 e. The van der Waals surface area contributed by atoms with Gasteiger partial charge in [0.15, 0.2) is 5.78 Å². The predicted molar refractivity (Wildman–Crippen MR) is 69.0 cm³/mol. The Hall–Kier alpha value is -2.09. The van der Waals surface area contributed by atoms with Gasteiger partial charge in [-0.25, -0.2) is 0 Å². The average molecular weight is 226 g/mol. The number of rotatable bonds is 4. The van der Waals surface area contributed by atoms with Gasteiger partial charge in [0, 0.05) is 11.6 Å². The molecule has 2 nitrogen and oxygen atoms in total. The van der Waals surface area contributed by atoms with E-state index in [0.29, 0.717) is 12.2 Å². The molecule has 0 aromatic heterocycles. The summed E-state index contributed by atoms with van der Waals surface area (Å²) in [4.78, 5) is 12.0. The largest absolute Gasteiger partial charge is 0.501 e. The molecule has 2 aromatic rings. The highest BCUT2D eigenvalue weighted by Gasteiger charge is 2.06. The number of carbonyl (C=O) groups excluding carboxylic acids is 1. The van der Waals surface area contributed by atoms with Crippen LogP contribution in [0.25, 0.3) is 10.8 Å². The zero-order valence-electron chi connectivity index (χ0n) is 9.72. The molecule has 0 spiro atoms. The van der Waals surface area contributed by atoms with Crippen molar-refractivity contribution in [3.63, 3.8) is 0 Å². The molecule has 0 bridgehead atoms. The predicted octanol–water partition coefficient (Wildman–Crippen LogP) is 3.57. The fourth-order valence-electron chi connectivity index (χ4n) is 1.74. The molecule has 0 aliphatic rings. The zero-order valence-corrected chi connectivity index (χ0v) is 9.72. The van der Waals surface area contributed by atoms with Crippen LogP contribution < -0.4 is 0 Å². The van der Waals surface area contributed by atoms with Crippen molar-refractivity contribution >= 4 is 16.6 Å². The van der Waals surface area contributed by atoms with Crippen molar-refractivity contribution in [2.75, 3.05) is 6.61 Å². The fourth-order valence-corrected chi connectivity index (χ4v) is 1.74. The van der Waals surface area contributed by atoms with Gasteiger partial charge in [-0.2, -0.15) is 0 Å². The number of ether oxygens (including phenoxy) is 1. The van der Waals surface area contributed by atoms with Crippen LogP contribution in [0.15, 0.2) is 54.8 Å². The van der Waals surface area contributed by atoms with Gasteiger partial charge in [-0.1, -0.05) is 42.5 Å². The quantitative estimate of drug-likeness (QED) is 0.452. The van der Waals surface area contributed by atoms with E-state index < -0.39 is 0 Å². The lowest BCUT2D eigenvalue weighted by Gasteiger charge is -2.02. The second kappa shape index (κ2) is 5.30. The Morgan fingerprint density at radius 3 is 2.76 bits per heavy atom. The lowest BCUT2D eigenvalue weighted by atomic mass is 10.0. The van der Waals surface area contributed by atoms with Crippen LogP contribution >= 0.6 is 0 Å². The van der Waals surface area contributed by atoms with Crippen molar-refractivity contribution in [3.8, 4) is 0 Å². The molecule has 0 radical (unpaired) electrons. The van der Waals surface area contributed by atoms with Gasteiger partial charge in [-0.3, -0.25) is 4.79 Å². The van der Waals surface area contributed by atoms with Gasteiger partial charge in [0.2, 0.25) is 0 Å². The maximum absolute atomic E-state index is 12.0. The van der Waals surface area contributed by atoms with Crippen LogP contribution in [-0.4, -0.2) is 12.4 Å². The number of allylic oxidation sites excluding steroid dienone is 1. The number of benzene rings is 2. The van der Waals surface area contributed by atoms with Crippen LogP contribution in [0.1, 0.15) is 17.3 Å². The molecule has 0 saturated heterocycles. The van der Waals surface area contributed by atoms with Crippen molar-refractivity contribution in [3.05, 3.63) is 60.4 Å². The lowest BCUT2D eigenvalue weighted by Crippen LogP contribution is -1.96. The molecule has 2 heteroatoms. The van der Waals surface area contributed by atoms with Gasteiger partial charge in [-0.15, -0.1) is 0 Å². The monoisotopic (exact) mass is 226 g/mol. The molecule has 0 fully saturated rings. The summed E-state index contributed by atoms with van der Waals surface area (Å²) in [7, 11) is 0. The third-order valence-electron chi connectivity index (χ3n) is 2.54. The molecular weight excluding hydrogens is 212 g/mol. The molecule has 0 heterocycles. The summed E-state index contributed by atoms with van der Waals surface area (Å²) in [6.45, 7) is 2.45. The van der Waals surface area contributed by atoms with Gasteiger partial charge >= 0.3 is 0 Å². The summed E-state index contributed by atoms with van der Waals surface area (Å²) in [5, 5.41) is 2.05. The summed E-state index contributed by atoms with van der Waals surface area (Å²) in [6, 6.07) is 13.6. The Morgan fingerprint density at radius 2 is 1.94 bits per heavy atom.